The molecular weight excluding hydrogens is 406 g/mol. The number of hydrogen-bond donors (Lipinski definition) is 1. The van der Waals surface area contributed by atoms with Crippen LogP contribution in [0.15, 0.2) is 54.7 Å². The second-order valence-corrected chi connectivity index (χ2v) is 6.44. The van der Waals surface area contributed by atoms with Gasteiger partial charge >= 0.3 is 6.29 Å². The summed E-state index contributed by atoms with van der Waals surface area (Å²) in [4.78, 5) is 16.6. The van der Waals surface area contributed by atoms with Gasteiger partial charge in [-0.15, -0.1) is 8.78 Å². The van der Waals surface area contributed by atoms with Crippen molar-refractivity contribution >= 4 is 23.3 Å². The lowest BCUT2D eigenvalue weighted by molar-refractivity contribution is -0.286. The Kier molecular flexibility index (Phi) is 4.71. The second-order valence-electron chi connectivity index (χ2n) is 6.03. The molecule has 6 nitrogen and oxygen atoms in total. The zero-order valence-electron chi connectivity index (χ0n) is 14.9. The summed E-state index contributed by atoms with van der Waals surface area (Å²) in [5.41, 5.74) is 1.34. The summed E-state index contributed by atoms with van der Waals surface area (Å²) in [5, 5.41) is 2.86. The van der Waals surface area contributed by atoms with E-state index < -0.39 is 6.29 Å². The van der Waals surface area contributed by atoms with Gasteiger partial charge in [0.2, 0.25) is 0 Å². The maximum Gasteiger partial charge on any atom is 0.586 e. The molecule has 1 N–H and O–H groups in total. The first kappa shape index (κ1) is 18.9. The Labute approximate surface area is 169 Å². The highest BCUT2D eigenvalue weighted by molar-refractivity contribution is 6.33. The topological polar surface area (TPSA) is 69.7 Å². The standard InChI is InChI=1S/C20H13ClF2N2O4/c1-27-15-5-3-2-4-12(15)19(26)25-18-7-6-11(10-24-18)13-8-16-17(9-14(13)21)29-20(22,23)28-16/h2-10H,1H3,(H,24,25,26). The van der Waals surface area contributed by atoms with Crippen molar-refractivity contribution < 1.29 is 27.8 Å². The van der Waals surface area contributed by atoms with Crippen LogP contribution in [0.2, 0.25) is 5.02 Å². The average Bonchev–Trinajstić information content (AvgIpc) is 3.00. The highest BCUT2D eigenvalue weighted by Crippen LogP contribution is 2.46. The van der Waals surface area contributed by atoms with Gasteiger partial charge in [0.05, 0.1) is 17.7 Å². The van der Waals surface area contributed by atoms with E-state index in [-0.39, 0.29) is 22.4 Å². The molecule has 4 rings (SSSR count). The number of rotatable bonds is 4. The number of pyridine rings is 1. The molecule has 0 fully saturated rings. The van der Waals surface area contributed by atoms with Gasteiger partial charge in [-0.1, -0.05) is 23.7 Å². The zero-order chi connectivity index (χ0) is 20.6. The molecule has 0 bridgehead atoms. The van der Waals surface area contributed by atoms with E-state index in [4.69, 9.17) is 16.3 Å². The van der Waals surface area contributed by atoms with Crippen molar-refractivity contribution in [1.82, 2.24) is 4.98 Å². The summed E-state index contributed by atoms with van der Waals surface area (Å²) < 4.78 is 40.5. The largest absolute Gasteiger partial charge is 0.586 e. The molecular formula is C20H13ClF2N2O4. The number of carbonyl (C=O) groups is 1. The molecule has 0 spiro atoms. The number of fused-ring (bicyclic) bond motifs is 1. The molecule has 29 heavy (non-hydrogen) atoms. The van der Waals surface area contributed by atoms with Crippen molar-refractivity contribution in [3.8, 4) is 28.4 Å². The van der Waals surface area contributed by atoms with Gasteiger partial charge < -0.3 is 19.5 Å². The molecule has 2 aromatic carbocycles. The first-order valence-electron chi connectivity index (χ1n) is 8.36. The number of para-hydroxylation sites is 1. The van der Waals surface area contributed by atoms with Crippen LogP contribution >= 0.6 is 11.6 Å². The molecule has 1 amide bonds. The molecule has 9 heteroatoms. The molecule has 3 aromatic rings. The number of halogens is 3. The minimum Gasteiger partial charge on any atom is -0.496 e. The minimum absolute atomic E-state index is 0.122. The summed E-state index contributed by atoms with van der Waals surface area (Å²) in [5.74, 6) is 0.0880. The Morgan fingerprint density at radius 3 is 2.55 bits per heavy atom. The Morgan fingerprint density at radius 2 is 1.86 bits per heavy atom. The fourth-order valence-corrected chi connectivity index (χ4v) is 3.10. The summed E-state index contributed by atoms with van der Waals surface area (Å²) in [6.45, 7) is 0. The number of nitrogens with zero attached hydrogens (tertiary/aromatic N) is 1. The Balaban J connectivity index is 1.55. The second kappa shape index (κ2) is 7.21. The number of methoxy groups -OCH3 is 1. The van der Waals surface area contributed by atoms with Crippen LogP contribution in [-0.2, 0) is 0 Å². The number of hydrogen-bond acceptors (Lipinski definition) is 5. The van der Waals surface area contributed by atoms with Gasteiger partial charge in [0.15, 0.2) is 11.5 Å². The van der Waals surface area contributed by atoms with E-state index in [0.29, 0.717) is 28.3 Å². The Hall–Kier alpha value is -3.39. The van der Waals surface area contributed by atoms with E-state index in [1.54, 1.807) is 36.4 Å². The molecule has 0 atom stereocenters. The van der Waals surface area contributed by atoms with E-state index in [1.165, 1.54) is 25.4 Å². The van der Waals surface area contributed by atoms with Crippen LogP contribution in [0.1, 0.15) is 10.4 Å². The number of aromatic nitrogens is 1. The molecule has 0 aliphatic carbocycles. The van der Waals surface area contributed by atoms with Crippen LogP contribution < -0.4 is 19.5 Å². The molecule has 1 aromatic heterocycles. The number of benzene rings is 2. The number of ether oxygens (including phenoxy) is 3. The number of alkyl halides is 2. The third kappa shape index (κ3) is 3.79. The third-order valence-electron chi connectivity index (χ3n) is 4.16. The Bertz CT molecular complexity index is 1090. The van der Waals surface area contributed by atoms with Gasteiger partial charge in [0.25, 0.3) is 5.91 Å². The lowest BCUT2D eigenvalue weighted by atomic mass is 10.1. The zero-order valence-corrected chi connectivity index (χ0v) is 15.7. The van der Waals surface area contributed by atoms with Gasteiger partial charge in [0.1, 0.15) is 11.6 Å². The van der Waals surface area contributed by atoms with Crippen molar-refractivity contribution in [2.75, 3.05) is 12.4 Å². The predicted octanol–water partition coefficient (Wildman–Crippen LogP) is 4.98. The molecule has 1 aliphatic rings. The summed E-state index contributed by atoms with van der Waals surface area (Å²) in [7, 11) is 1.48. The van der Waals surface area contributed by atoms with E-state index in [2.05, 4.69) is 19.8 Å². The van der Waals surface area contributed by atoms with E-state index >= 15 is 0 Å². The average molecular weight is 419 g/mol. The predicted molar refractivity (Wildman–Crippen MR) is 102 cm³/mol. The normalized spacial score (nSPS) is 13.8. The molecule has 0 saturated heterocycles. The van der Waals surface area contributed by atoms with Crippen molar-refractivity contribution in [2.24, 2.45) is 0 Å². The van der Waals surface area contributed by atoms with Gasteiger partial charge in [-0.2, -0.15) is 0 Å². The molecule has 2 heterocycles. The fraction of sp³-hybridized carbons (Fsp3) is 0.100. The first-order valence-corrected chi connectivity index (χ1v) is 8.74. The maximum atomic E-state index is 13.2. The lowest BCUT2D eigenvalue weighted by Gasteiger charge is -2.10. The van der Waals surface area contributed by atoms with E-state index in [0.717, 1.165) is 0 Å². The van der Waals surface area contributed by atoms with Crippen molar-refractivity contribution in [3.05, 3.63) is 65.3 Å². The highest BCUT2D eigenvalue weighted by Gasteiger charge is 2.43. The highest BCUT2D eigenvalue weighted by atomic mass is 35.5. The molecule has 0 saturated carbocycles. The van der Waals surface area contributed by atoms with Crippen LogP contribution in [0.4, 0.5) is 14.6 Å². The summed E-state index contributed by atoms with van der Waals surface area (Å²) in [6.07, 6.45) is -2.27. The monoisotopic (exact) mass is 418 g/mol. The lowest BCUT2D eigenvalue weighted by Crippen LogP contribution is -2.25. The van der Waals surface area contributed by atoms with Crippen molar-refractivity contribution in [3.63, 3.8) is 0 Å². The third-order valence-corrected chi connectivity index (χ3v) is 4.47. The quantitative estimate of drug-likeness (QED) is 0.646. The molecule has 148 valence electrons. The van der Waals surface area contributed by atoms with Crippen LogP contribution in [0.25, 0.3) is 11.1 Å². The smallest absolute Gasteiger partial charge is 0.496 e. The number of anilines is 1. The molecule has 0 radical (unpaired) electrons. The van der Waals surface area contributed by atoms with Crippen LogP contribution in [-0.4, -0.2) is 24.3 Å². The number of carbonyl (C=O) groups excluding carboxylic acids is 1. The number of nitrogens with one attached hydrogen (secondary N) is 1. The summed E-state index contributed by atoms with van der Waals surface area (Å²) in [6, 6.07) is 12.6. The first-order chi connectivity index (χ1) is 13.9. The van der Waals surface area contributed by atoms with Crippen molar-refractivity contribution in [2.45, 2.75) is 6.29 Å². The fourth-order valence-electron chi connectivity index (χ4n) is 2.84. The van der Waals surface area contributed by atoms with Gasteiger partial charge in [-0.05, 0) is 30.3 Å². The summed E-state index contributed by atoms with van der Waals surface area (Å²) >= 11 is 6.18. The minimum atomic E-state index is -3.73. The van der Waals surface area contributed by atoms with Crippen LogP contribution in [0, 0.1) is 0 Å². The Morgan fingerprint density at radius 1 is 1.14 bits per heavy atom. The van der Waals surface area contributed by atoms with Crippen LogP contribution in [0.3, 0.4) is 0 Å². The van der Waals surface area contributed by atoms with E-state index in [1.807, 2.05) is 0 Å². The van der Waals surface area contributed by atoms with E-state index in [9.17, 15) is 13.6 Å². The van der Waals surface area contributed by atoms with Crippen molar-refractivity contribution in [1.29, 1.82) is 0 Å². The van der Waals surface area contributed by atoms with Gasteiger partial charge in [0, 0.05) is 23.4 Å². The molecule has 0 unspecified atom stereocenters. The van der Waals surface area contributed by atoms with Gasteiger partial charge in [-0.25, -0.2) is 4.98 Å². The van der Waals surface area contributed by atoms with Crippen LogP contribution in [0.5, 0.6) is 17.2 Å². The van der Waals surface area contributed by atoms with Gasteiger partial charge in [-0.3, -0.25) is 4.79 Å². The SMILES string of the molecule is COc1ccccc1C(=O)Nc1ccc(-c2cc3c(cc2Cl)OC(F)(F)O3)cn1. The molecule has 1 aliphatic heterocycles. The maximum absolute atomic E-state index is 13.2. The number of amides is 1.